The summed E-state index contributed by atoms with van der Waals surface area (Å²) in [6.07, 6.45) is 1.58. The lowest BCUT2D eigenvalue weighted by Crippen LogP contribution is -2.50. The van der Waals surface area contributed by atoms with Gasteiger partial charge in [-0.1, -0.05) is 5.16 Å². The number of ether oxygens (including phenoxy) is 1. The van der Waals surface area contributed by atoms with Crippen LogP contribution in [0.25, 0.3) is 11.5 Å². The monoisotopic (exact) mass is 276 g/mol. The molecule has 1 aliphatic rings. The molecule has 0 bridgehead atoms. The van der Waals surface area contributed by atoms with Crippen LogP contribution in [-0.4, -0.2) is 41.3 Å². The maximum Gasteiger partial charge on any atom is 0.276 e. The lowest BCUT2D eigenvalue weighted by Gasteiger charge is -2.36. The molecule has 3 heterocycles. The number of rotatable bonds is 2. The van der Waals surface area contributed by atoms with Crippen molar-refractivity contribution in [1.29, 1.82) is 0 Å². The van der Waals surface area contributed by atoms with Gasteiger partial charge in [0.15, 0.2) is 11.5 Å². The van der Waals surface area contributed by atoms with E-state index in [0.717, 1.165) is 0 Å². The van der Waals surface area contributed by atoms with Crippen molar-refractivity contribution in [2.45, 2.75) is 26.0 Å². The van der Waals surface area contributed by atoms with Crippen molar-refractivity contribution in [2.24, 2.45) is 0 Å². The maximum absolute atomic E-state index is 12.5. The fourth-order valence-corrected chi connectivity index (χ4v) is 2.24. The number of amides is 1. The highest BCUT2D eigenvalue weighted by molar-refractivity contribution is 5.93. The van der Waals surface area contributed by atoms with Crippen molar-refractivity contribution >= 4 is 5.91 Å². The minimum absolute atomic E-state index is 0.0301. The van der Waals surface area contributed by atoms with Crippen molar-refractivity contribution in [2.75, 3.05) is 13.2 Å². The molecule has 0 saturated carbocycles. The molecule has 2 aromatic rings. The molecule has 0 N–H and O–H groups in total. The second-order valence-electron chi connectivity index (χ2n) is 5.00. The van der Waals surface area contributed by atoms with Gasteiger partial charge in [-0.05, 0) is 26.0 Å². The summed E-state index contributed by atoms with van der Waals surface area (Å²) in [4.78, 5) is 14.2. The van der Waals surface area contributed by atoms with Gasteiger partial charge in [-0.2, -0.15) is 0 Å². The third-order valence-corrected chi connectivity index (χ3v) is 3.36. The summed E-state index contributed by atoms with van der Waals surface area (Å²) in [5, 5.41) is 3.84. The van der Waals surface area contributed by atoms with Crippen LogP contribution in [0.2, 0.25) is 0 Å². The summed E-state index contributed by atoms with van der Waals surface area (Å²) in [6, 6.07) is 5.15. The van der Waals surface area contributed by atoms with Crippen LogP contribution in [0, 0.1) is 0 Å². The Morgan fingerprint density at radius 2 is 2.25 bits per heavy atom. The van der Waals surface area contributed by atoms with E-state index in [4.69, 9.17) is 13.7 Å². The zero-order valence-corrected chi connectivity index (χ0v) is 11.4. The first kappa shape index (κ1) is 12.9. The van der Waals surface area contributed by atoms with E-state index in [1.54, 1.807) is 29.4 Å². The van der Waals surface area contributed by atoms with Gasteiger partial charge < -0.3 is 18.6 Å². The Labute approximate surface area is 116 Å². The highest BCUT2D eigenvalue weighted by atomic mass is 16.5. The quantitative estimate of drug-likeness (QED) is 0.841. The molecular formula is C14H16N2O4. The largest absolute Gasteiger partial charge is 0.461 e. The number of nitrogens with zero attached hydrogens (tertiary/aromatic N) is 2. The fraction of sp³-hybridized carbons (Fsp3) is 0.429. The normalized spacial score (nSPS) is 23.0. The van der Waals surface area contributed by atoms with Gasteiger partial charge in [0, 0.05) is 12.6 Å². The Morgan fingerprint density at radius 3 is 3.00 bits per heavy atom. The van der Waals surface area contributed by atoms with Crippen molar-refractivity contribution in [3.8, 4) is 11.5 Å². The molecular weight excluding hydrogens is 260 g/mol. The SMILES string of the molecule is C[C@@H]1CO[C@@H](C)CN1C(=O)c1cc(-c2ccco2)on1. The van der Waals surface area contributed by atoms with Crippen molar-refractivity contribution in [3.63, 3.8) is 0 Å². The lowest BCUT2D eigenvalue weighted by molar-refractivity contribution is -0.0390. The number of hydrogen-bond acceptors (Lipinski definition) is 5. The molecule has 20 heavy (non-hydrogen) atoms. The number of carbonyl (C=O) groups is 1. The Balaban J connectivity index is 1.80. The fourth-order valence-electron chi connectivity index (χ4n) is 2.24. The highest BCUT2D eigenvalue weighted by Gasteiger charge is 2.30. The first-order chi connectivity index (χ1) is 9.65. The zero-order valence-electron chi connectivity index (χ0n) is 11.4. The number of carbonyl (C=O) groups excluding carboxylic acids is 1. The first-order valence-electron chi connectivity index (χ1n) is 6.58. The molecule has 0 radical (unpaired) electrons. The van der Waals surface area contributed by atoms with Gasteiger partial charge >= 0.3 is 0 Å². The highest BCUT2D eigenvalue weighted by Crippen LogP contribution is 2.22. The Hall–Kier alpha value is -2.08. The van der Waals surface area contributed by atoms with Gasteiger partial charge in [0.25, 0.3) is 5.91 Å². The molecule has 6 heteroatoms. The van der Waals surface area contributed by atoms with E-state index >= 15 is 0 Å². The maximum atomic E-state index is 12.5. The summed E-state index contributed by atoms with van der Waals surface area (Å²) in [5.41, 5.74) is 0.289. The van der Waals surface area contributed by atoms with E-state index in [1.165, 1.54) is 0 Å². The Morgan fingerprint density at radius 1 is 1.40 bits per heavy atom. The number of hydrogen-bond donors (Lipinski definition) is 0. The van der Waals surface area contributed by atoms with E-state index in [2.05, 4.69) is 5.16 Å². The summed E-state index contributed by atoms with van der Waals surface area (Å²) in [7, 11) is 0. The van der Waals surface area contributed by atoms with E-state index < -0.39 is 0 Å². The van der Waals surface area contributed by atoms with Crippen molar-refractivity contribution in [3.05, 3.63) is 30.2 Å². The van der Waals surface area contributed by atoms with Crippen LogP contribution in [0.1, 0.15) is 24.3 Å². The van der Waals surface area contributed by atoms with E-state index in [-0.39, 0.29) is 23.7 Å². The second kappa shape index (κ2) is 5.13. The van der Waals surface area contributed by atoms with Gasteiger partial charge in [-0.15, -0.1) is 0 Å². The molecule has 2 aromatic heterocycles. The summed E-state index contributed by atoms with van der Waals surface area (Å²) in [5.74, 6) is 0.862. The van der Waals surface area contributed by atoms with Crippen molar-refractivity contribution in [1.82, 2.24) is 10.1 Å². The van der Waals surface area contributed by atoms with Crippen LogP contribution in [0.3, 0.4) is 0 Å². The molecule has 1 saturated heterocycles. The molecule has 0 spiro atoms. The predicted octanol–water partition coefficient (Wildman–Crippen LogP) is 2.18. The minimum atomic E-state index is -0.144. The van der Waals surface area contributed by atoms with E-state index in [9.17, 15) is 4.79 Å². The standard InChI is InChI=1S/C14H16N2O4/c1-9-8-19-10(2)7-16(9)14(17)11-6-13(20-15-11)12-4-3-5-18-12/h3-6,9-10H,7-8H2,1-2H3/t9-,10+/m1/s1. The molecule has 6 nitrogen and oxygen atoms in total. The Bertz CT molecular complexity index is 590. The number of furan rings is 1. The molecule has 1 amide bonds. The molecule has 1 aliphatic heterocycles. The zero-order chi connectivity index (χ0) is 14.1. The van der Waals surface area contributed by atoms with E-state index in [1.807, 2.05) is 13.8 Å². The molecule has 0 aromatic carbocycles. The van der Waals surface area contributed by atoms with E-state index in [0.29, 0.717) is 24.7 Å². The molecule has 0 unspecified atom stereocenters. The third kappa shape index (κ3) is 2.34. The first-order valence-corrected chi connectivity index (χ1v) is 6.58. The van der Waals surface area contributed by atoms with Crippen LogP contribution in [0.5, 0.6) is 0 Å². The van der Waals surface area contributed by atoms with Gasteiger partial charge in [0.1, 0.15) is 0 Å². The average molecular weight is 276 g/mol. The van der Waals surface area contributed by atoms with Gasteiger partial charge in [-0.3, -0.25) is 4.79 Å². The molecule has 1 fully saturated rings. The van der Waals surface area contributed by atoms with Gasteiger partial charge in [0.05, 0.1) is 25.0 Å². The minimum Gasteiger partial charge on any atom is -0.461 e. The van der Waals surface area contributed by atoms with Gasteiger partial charge in [-0.25, -0.2) is 0 Å². The topological polar surface area (TPSA) is 68.7 Å². The smallest absolute Gasteiger partial charge is 0.276 e. The van der Waals surface area contributed by atoms with Gasteiger partial charge in [0.2, 0.25) is 5.76 Å². The van der Waals surface area contributed by atoms with Crippen LogP contribution >= 0.6 is 0 Å². The molecule has 0 aliphatic carbocycles. The molecule has 106 valence electrons. The predicted molar refractivity (Wildman–Crippen MR) is 70.1 cm³/mol. The van der Waals surface area contributed by atoms with Crippen LogP contribution in [-0.2, 0) is 4.74 Å². The molecule has 2 atom stereocenters. The van der Waals surface area contributed by atoms with Crippen molar-refractivity contribution < 1.29 is 18.5 Å². The average Bonchev–Trinajstić information content (AvgIpc) is 3.10. The lowest BCUT2D eigenvalue weighted by atomic mass is 10.2. The number of morpholine rings is 1. The third-order valence-electron chi connectivity index (χ3n) is 3.36. The Kier molecular flexibility index (Phi) is 3.31. The summed E-state index contributed by atoms with van der Waals surface area (Å²) < 4.78 is 15.9. The summed E-state index contributed by atoms with van der Waals surface area (Å²) >= 11 is 0. The second-order valence-corrected chi connectivity index (χ2v) is 5.00. The van der Waals surface area contributed by atoms with Crippen LogP contribution in [0.4, 0.5) is 0 Å². The number of aromatic nitrogens is 1. The van der Waals surface area contributed by atoms with Crippen LogP contribution in [0.15, 0.2) is 33.4 Å². The van der Waals surface area contributed by atoms with Crippen LogP contribution < -0.4 is 0 Å². The summed E-state index contributed by atoms with van der Waals surface area (Å²) in [6.45, 7) is 5.00. The molecule has 3 rings (SSSR count).